The first-order valence-electron chi connectivity index (χ1n) is 7.07. The molecule has 0 amide bonds. The van der Waals surface area contributed by atoms with E-state index in [1.165, 1.54) is 19.3 Å². The van der Waals surface area contributed by atoms with Crippen LogP contribution in [0.3, 0.4) is 0 Å². The van der Waals surface area contributed by atoms with Crippen LogP contribution in [0.25, 0.3) is 0 Å². The SMILES string of the molecule is CCCCCCC(C)Oc1nc(C)cc(/C(N)=N/O)n1. The van der Waals surface area contributed by atoms with Crippen molar-refractivity contribution in [2.24, 2.45) is 10.9 Å². The molecule has 3 N–H and O–H groups in total. The fraction of sp³-hybridized carbons (Fsp3) is 0.643. The second kappa shape index (κ2) is 8.35. The zero-order chi connectivity index (χ0) is 15.0. The topological polar surface area (TPSA) is 93.6 Å². The molecule has 0 saturated heterocycles. The first kappa shape index (κ1) is 16.2. The van der Waals surface area contributed by atoms with E-state index in [9.17, 15) is 0 Å². The van der Waals surface area contributed by atoms with Gasteiger partial charge in [-0.05, 0) is 32.8 Å². The molecule has 1 heterocycles. The van der Waals surface area contributed by atoms with E-state index in [-0.39, 0.29) is 18.0 Å². The molecule has 1 rings (SSSR count). The number of hydrogen-bond donors (Lipinski definition) is 2. The third-order valence-corrected chi connectivity index (χ3v) is 2.97. The van der Waals surface area contributed by atoms with Gasteiger partial charge in [-0.1, -0.05) is 31.3 Å². The van der Waals surface area contributed by atoms with Gasteiger partial charge in [0.05, 0.1) is 6.10 Å². The van der Waals surface area contributed by atoms with Crippen molar-refractivity contribution in [1.82, 2.24) is 9.97 Å². The fourth-order valence-electron chi connectivity index (χ4n) is 1.87. The molecular weight excluding hydrogens is 256 g/mol. The maximum absolute atomic E-state index is 8.68. The number of hydrogen-bond acceptors (Lipinski definition) is 5. The highest BCUT2D eigenvalue weighted by Gasteiger charge is 2.10. The van der Waals surface area contributed by atoms with Crippen molar-refractivity contribution < 1.29 is 9.94 Å². The molecule has 6 nitrogen and oxygen atoms in total. The van der Waals surface area contributed by atoms with Crippen LogP contribution in [0.5, 0.6) is 6.01 Å². The van der Waals surface area contributed by atoms with Crippen LogP contribution in [0.4, 0.5) is 0 Å². The quantitative estimate of drug-likeness (QED) is 0.251. The Balaban J connectivity index is 2.60. The van der Waals surface area contributed by atoms with E-state index in [2.05, 4.69) is 22.0 Å². The minimum absolute atomic E-state index is 0.0454. The van der Waals surface area contributed by atoms with Crippen LogP contribution in [-0.4, -0.2) is 27.1 Å². The molecule has 1 atom stereocenters. The van der Waals surface area contributed by atoms with Crippen molar-refractivity contribution in [3.8, 4) is 6.01 Å². The molecule has 0 spiro atoms. The Morgan fingerprint density at radius 1 is 1.40 bits per heavy atom. The molecule has 1 aromatic rings. The van der Waals surface area contributed by atoms with Crippen molar-refractivity contribution in [3.63, 3.8) is 0 Å². The lowest BCUT2D eigenvalue weighted by atomic mass is 10.1. The Bertz CT molecular complexity index is 449. The highest BCUT2D eigenvalue weighted by atomic mass is 16.5. The van der Waals surface area contributed by atoms with Gasteiger partial charge in [-0.2, -0.15) is 4.98 Å². The standard InChI is InChI=1S/C14H24N4O2/c1-4-5-6-7-8-11(3)20-14-16-10(2)9-12(17-14)13(15)18-19/h9,11,19H,4-8H2,1-3H3,(H2,15,18). The smallest absolute Gasteiger partial charge is 0.317 e. The number of amidine groups is 1. The number of oxime groups is 1. The number of rotatable bonds is 8. The van der Waals surface area contributed by atoms with E-state index in [0.29, 0.717) is 5.69 Å². The average Bonchev–Trinajstić information content (AvgIpc) is 2.42. The molecule has 0 bridgehead atoms. The molecule has 0 aromatic carbocycles. The van der Waals surface area contributed by atoms with Crippen LogP contribution in [0.15, 0.2) is 11.2 Å². The minimum atomic E-state index is -0.0454. The molecule has 0 saturated carbocycles. The third-order valence-electron chi connectivity index (χ3n) is 2.97. The maximum Gasteiger partial charge on any atom is 0.317 e. The number of nitrogens with zero attached hydrogens (tertiary/aromatic N) is 3. The predicted molar refractivity (Wildman–Crippen MR) is 78.1 cm³/mol. The summed E-state index contributed by atoms with van der Waals surface area (Å²) in [4.78, 5) is 8.35. The van der Waals surface area contributed by atoms with Gasteiger partial charge >= 0.3 is 6.01 Å². The summed E-state index contributed by atoms with van der Waals surface area (Å²) < 4.78 is 5.70. The summed E-state index contributed by atoms with van der Waals surface area (Å²) >= 11 is 0. The summed E-state index contributed by atoms with van der Waals surface area (Å²) in [6.45, 7) is 6.00. The summed E-state index contributed by atoms with van der Waals surface area (Å²) in [5, 5.41) is 11.6. The lowest BCUT2D eigenvalue weighted by molar-refractivity contribution is 0.189. The second-order valence-electron chi connectivity index (χ2n) is 4.94. The summed E-state index contributed by atoms with van der Waals surface area (Å²) in [6, 6.07) is 1.92. The zero-order valence-electron chi connectivity index (χ0n) is 12.5. The number of ether oxygens (including phenoxy) is 1. The van der Waals surface area contributed by atoms with Crippen molar-refractivity contribution in [2.75, 3.05) is 0 Å². The molecule has 0 radical (unpaired) electrons. The van der Waals surface area contributed by atoms with Crippen molar-refractivity contribution in [3.05, 3.63) is 17.5 Å². The molecule has 0 aliphatic carbocycles. The van der Waals surface area contributed by atoms with Crippen LogP contribution in [0.1, 0.15) is 57.3 Å². The van der Waals surface area contributed by atoms with E-state index >= 15 is 0 Å². The van der Waals surface area contributed by atoms with E-state index in [4.69, 9.17) is 15.7 Å². The lowest BCUT2D eigenvalue weighted by Gasteiger charge is -2.13. The number of unbranched alkanes of at least 4 members (excludes halogenated alkanes) is 3. The Hall–Kier alpha value is -1.85. The first-order chi connectivity index (χ1) is 9.56. The molecule has 20 heavy (non-hydrogen) atoms. The van der Waals surface area contributed by atoms with Crippen molar-refractivity contribution >= 4 is 5.84 Å². The van der Waals surface area contributed by atoms with Gasteiger partial charge in [0, 0.05) is 5.69 Å². The van der Waals surface area contributed by atoms with Gasteiger partial charge in [0.25, 0.3) is 0 Å². The minimum Gasteiger partial charge on any atom is -0.460 e. The largest absolute Gasteiger partial charge is 0.460 e. The van der Waals surface area contributed by atoms with E-state index in [1.807, 2.05) is 13.8 Å². The molecule has 1 aromatic heterocycles. The van der Waals surface area contributed by atoms with Crippen LogP contribution in [0, 0.1) is 6.92 Å². The Labute approximate surface area is 120 Å². The van der Waals surface area contributed by atoms with Gasteiger partial charge in [0.2, 0.25) is 0 Å². The highest BCUT2D eigenvalue weighted by Crippen LogP contribution is 2.13. The number of aryl methyl sites for hydroxylation is 1. The average molecular weight is 280 g/mol. The van der Waals surface area contributed by atoms with Crippen molar-refractivity contribution in [2.45, 2.75) is 59.0 Å². The van der Waals surface area contributed by atoms with Crippen LogP contribution >= 0.6 is 0 Å². The first-order valence-corrected chi connectivity index (χ1v) is 7.07. The zero-order valence-corrected chi connectivity index (χ0v) is 12.5. The summed E-state index contributed by atoms with van der Waals surface area (Å²) in [5.41, 5.74) is 6.62. The monoisotopic (exact) mass is 280 g/mol. The van der Waals surface area contributed by atoms with Gasteiger partial charge in [0.1, 0.15) is 5.69 Å². The fourth-order valence-corrected chi connectivity index (χ4v) is 1.87. The van der Waals surface area contributed by atoms with Gasteiger partial charge in [-0.3, -0.25) is 0 Å². The highest BCUT2D eigenvalue weighted by molar-refractivity contribution is 5.95. The molecule has 0 aliphatic heterocycles. The maximum atomic E-state index is 8.68. The third kappa shape index (κ3) is 5.42. The van der Waals surface area contributed by atoms with E-state index in [1.54, 1.807) is 6.07 Å². The molecule has 1 unspecified atom stereocenters. The van der Waals surface area contributed by atoms with Crippen molar-refractivity contribution in [1.29, 1.82) is 0 Å². The Kier molecular flexibility index (Phi) is 6.76. The van der Waals surface area contributed by atoms with E-state index in [0.717, 1.165) is 18.5 Å². The summed E-state index contributed by atoms with van der Waals surface area (Å²) in [5.74, 6) is -0.0454. The van der Waals surface area contributed by atoms with E-state index < -0.39 is 0 Å². The number of nitrogens with two attached hydrogens (primary N) is 1. The molecular formula is C14H24N4O2. The Morgan fingerprint density at radius 2 is 2.15 bits per heavy atom. The van der Waals surface area contributed by atoms with Crippen LogP contribution in [0.2, 0.25) is 0 Å². The number of aromatic nitrogens is 2. The molecule has 6 heteroatoms. The summed E-state index contributed by atoms with van der Waals surface area (Å²) in [6.07, 6.45) is 5.84. The predicted octanol–water partition coefficient (Wildman–Crippen LogP) is 2.62. The summed E-state index contributed by atoms with van der Waals surface area (Å²) in [7, 11) is 0. The molecule has 112 valence electrons. The van der Waals surface area contributed by atoms with Gasteiger partial charge in [-0.15, -0.1) is 0 Å². The lowest BCUT2D eigenvalue weighted by Crippen LogP contribution is -2.19. The van der Waals surface area contributed by atoms with Gasteiger partial charge < -0.3 is 15.7 Å². The molecule has 0 fully saturated rings. The van der Waals surface area contributed by atoms with Crippen LogP contribution in [-0.2, 0) is 0 Å². The van der Waals surface area contributed by atoms with Gasteiger partial charge in [0.15, 0.2) is 5.84 Å². The second-order valence-corrected chi connectivity index (χ2v) is 4.94. The van der Waals surface area contributed by atoms with Gasteiger partial charge in [-0.25, -0.2) is 4.98 Å². The normalized spacial score (nSPS) is 13.2. The molecule has 0 aliphatic rings. The van der Waals surface area contributed by atoms with Crippen LogP contribution < -0.4 is 10.5 Å². The Morgan fingerprint density at radius 3 is 2.80 bits per heavy atom.